The number of hydrazone groups is 1. The number of allylic oxidation sites excluding steroid dienone is 1. The first-order chi connectivity index (χ1) is 9.75. The molecule has 0 fully saturated rings. The molecular formula is C12H13N7O. The number of tetrazole rings is 1. The monoisotopic (exact) mass is 271 g/mol. The van der Waals surface area contributed by atoms with Gasteiger partial charge in [0, 0.05) is 6.21 Å². The maximum atomic E-state index is 11.5. The second-order valence-electron chi connectivity index (χ2n) is 3.78. The van der Waals surface area contributed by atoms with Crippen LogP contribution in [0.2, 0.25) is 0 Å². The Hall–Kier alpha value is -3.03. The van der Waals surface area contributed by atoms with Gasteiger partial charge < -0.3 is 5.73 Å². The topological polar surface area (TPSA) is 111 Å². The highest BCUT2D eigenvalue weighted by Crippen LogP contribution is 1.99. The number of nitrogens with one attached hydrogen (secondary N) is 1. The van der Waals surface area contributed by atoms with Gasteiger partial charge in [0.2, 0.25) is 5.95 Å². The lowest BCUT2D eigenvalue weighted by molar-refractivity contribution is -0.121. The van der Waals surface area contributed by atoms with Crippen LogP contribution in [0, 0.1) is 0 Å². The summed E-state index contributed by atoms with van der Waals surface area (Å²) in [5.41, 5.74) is 8.82. The second kappa shape index (κ2) is 6.78. The second-order valence-corrected chi connectivity index (χ2v) is 3.78. The molecule has 2 aromatic rings. The van der Waals surface area contributed by atoms with Gasteiger partial charge in [0.05, 0.1) is 0 Å². The van der Waals surface area contributed by atoms with Gasteiger partial charge in [0.25, 0.3) is 5.91 Å². The number of hydrogen-bond donors (Lipinski definition) is 2. The number of nitrogen functional groups attached to an aromatic ring is 1. The van der Waals surface area contributed by atoms with Gasteiger partial charge in [0.1, 0.15) is 6.54 Å². The van der Waals surface area contributed by atoms with Crippen molar-refractivity contribution in [2.24, 2.45) is 5.10 Å². The largest absolute Gasteiger partial charge is 0.367 e. The summed E-state index contributed by atoms with van der Waals surface area (Å²) in [6, 6.07) is 9.74. The number of nitrogens with zero attached hydrogens (tertiary/aromatic N) is 5. The third-order valence-corrected chi connectivity index (χ3v) is 2.29. The predicted octanol–water partition coefficient (Wildman–Crippen LogP) is 0.0707. The van der Waals surface area contributed by atoms with E-state index in [1.807, 2.05) is 36.4 Å². The third kappa shape index (κ3) is 4.02. The van der Waals surface area contributed by atoms with Crippen molar-refractivity contribution in [3.63, 3.8) is 0 Å². The van der Waals surface area contributed by atoms with Crippen LogP contribution in [-0.2, 0) is 11.3 Å². The zero-order valence-corrected chi connectivity index (χ0v) is 10.5. The Morgan fingerprint density at radius 1 is 1.40 bits per heavy atom. The zero-order chi connectivity index (χ0) is 14.2. The van der Waals surface area contributed by atoms with Crippen LogP contribution in [-0.4, -0.2) is 32.3 Å². The van der Waals surface area contributed by atoms with Crippen molar-refractivity contribution in [2.45, 2.75) is 6.54 Å². The summed E-state index contributed by atoms with van der Waals surface area (Å²) in [4.78, 5) is 11.5. The van der Waals surface area contributed by atoms with E-state index in [2.05, 4.69) is 26.1 Å². The fourth-order valence-electron chi connectivity index (χ4n) is 1.37. The standard InChI is InChI=1S/C12H13N7O/c13-12-16-17-18-19(12)9-11(20)15-14-8-4-7-10-5-2-1-3-6-10/h1-8H,9H2,(H,15,20)(H2,13,16,18). The van der Waals surface area contributed by atoms with Crippen molar-refractivity contribution in [1.29, 1.82) is 0 Å². The highest BCUT2D eigenvalue weighted by atomic mass is 16.2. The molecular weight excluding hydrogens is 258 g/mol. The molecule has 2 rings (SSSR count). The van der Waals surface area contributed by atoms with Gasteiger partial charge in [0.15, 0.2) is 0 Å². The minimum atomic E-state index is -0.367. The molecule has 0 atom stereocenters. The number of hydrogen-bond acceptors (Lipinski definition) is 6. The van der Waals surface area contributed by atoms with E-state index in [9.17, 15) is 4.79 Å². The quantitative estimate of drug-likeness (QED) is 0.590. The first-order valence-electron chi connectivity index (χ1n) is 5.81. The average molecular weight is 271 g/mol. The smallest absolute Gasteiger partial charge is 0.261 e. The summed E-state index contributed by atoms with van der Waals surface area (Å²) in [6.45, 7) is -0.0847. The fraction of sp³-hybridized carbons (Fsp3) is 0.0833. The lowest BCUT2D eigenvalue weighted by Crippen LogP contribution is -2.24. The van der Waals surface area contributed by atoms with E-state index in [-0.39, 0.29) is 18.4 Å². The minimum absolute atomic E-state index is 0.0769. The molecule has 1 aromatic carbocycles. The molecule has 1 heterocycles. The maximum absolute atomic E-state index is 11.5. The van der Waals surface area contributed by atoms with Crippen molar-refractivity contribution in [1.82, 2.24) is 25.6 Å². The lowest BCUT2D eigenvalue weighted by atomic mass is 10.2. The van der Waals surface area contributed by atoms with Crippen LogP contribution in [0.15, 0.2) is 41.5 Å². The molecule has 0 saturated carbocycles. The maximum Gasteiger partial charge on any atom is 0.261 e. The summed E-state index contributed by atoms with van der Waals surface area (Å²) >= 11 is 0. The van der Waals surface area contributed by atoms with Gasteiger partial charge in [-0.15, -0.1) is 0 Å². The minimum Gasteiger partial charge on any atom is -0.367 e. The lowest BCUT2D eigenvalue weighted by Gasteiger charge is -1.99. The van der Waals surface area contributed by atoms with Gasteiger partial charge in [-0.3, -0.25) is 4.79 Å². The Balaban J connectivity index is 1.77. The first kappa shape index (κ1) is 13.4. The molecule has 102 valence electrons. The number of rotatable bonds is 5. The van der Waals surface area contributed by atoms with E-state index >= 15 is 0 Å². The van der Waals surface area contributed by atoms with Crippen molar-refractivity contribution >= 4 is 24.1 Å². The Morgan fingerprint density at radius 3 is 2.90 bits per heavy atom. The van der Waals surface area contributed by atoms with E-state index in [0.717, 1.165) is 5.56 Å². The summed E-state index contributed by atoms with van der Waals surface area (Å²) in [6.07, 6.45) is 5.07. The number of nitrogens with two attached hydrogens (primary N) is 1. The van der Waals surface area contributed by atoms with Gasteiger partial charge >= 0.3 is 0 Å². The van der Waals surface area contributed by atoms with E-state index < -0.39 is 0 Å². The van der Waals surface area contributed by atoms with Crippen molar-refractivity contribution in [3.05, 3.63) is 42.0 Å². The van der Waals surface area contributed by atoms with E-state index in [4.69, 9.17) is 5.73 Å². The Morgan fingerprint density at radius 2 is 2.20 bits per heavy atom. The first-order valence-corrected chi connectivity index (χ1v) is 5.81. The van der Waals surface area contributed by atoms with Crippen molar-refractivity contribution in [2.75, 3.05) is 5.73 Å². The summed E-state index contributed by atoms with van der Waals surface area (Å²) in [7, 11) is 0. The molecule has 20 heavy (non-hydrogen) atoms. The van der Waals surface area contributed by atoms with Crippen LogP contribution >= 0.6 is 0 Å². The number of benzene rings is 1. The highest BCUT2D eigenvalue weighted by molar-refractivity contribution is 5.81. The van der Waals surface area contributed by atoms with E-state index in [1.165, 1.54) is 10.9 Å². The molecule has 0 radical (unpaired) electrons. The molecule has 3 N–H and O–H groups in total. The molecule has 0 aliphatic heterocycles. The molecule has 8 heteroatoms. The van der Waals surface area contributed by atoms with Crippen molar-refractivity contribution < 1.29 is 4.79 Å². The third-order valence-electron chi connectivity index (χ3n) is 2.29. The number of amides is 1. The van der Waals surface area contributed by atoms with Crippen LogP contribution in [0.1, 0.15) is 5.56 Å². The molecule has 0 unspecified atom stereocenters. The Labute approximate surface area is 115 Å². The van der Waals surface area contributed by atoms with Crippen LogP contribution in [0.5, 0.6) is 0 Å². The predicted molar refractivity (Wildman–Crippen MR) is 74.3 cm³/mol. The molecule has 0 spiro atoms. The molecule has 1 amide bonds. The van der Waals surface area contributed by atoms with E-state index in [1.54, 1.807) is 6.08 Å². The summed E-state index contributed by atoms with van der Waals surface area (Å²) < 4.78 is 1.17. The summed E-state index contributed by atoms with van der Waals surface area (Å²) in [5.74, 6) is -0.290. The van der Waals surface area contributed by atoms with Gasteiger partial charge in [-0.25, -0.2) is 10.1 Å². The Kier molecular flexibility index (Phi) is 4.55. The van der Waals surface area contributed by atoms with Crippen LogP contribution in [0.4, 0.5) is 5.95 Å². The average Bonchev–Trinajstić information content (AvgIpc) is 2.85. The fourth-order valence-corrected chi connectivity index (χ4v) is 1.37. The Bertz CT molecular complexity index is 618. The van der Waals surface area contributed by atoms with Crippen LogP contribution < -0.4 is 11.2 Å². The molecule has 1 aromatic heterocycles. The SMILES string of the molecule is Nc1nnnn1CC(=O)NN=CC=Cc1ccccc1. The number of anilines is 1. The number of carbonyl (C=O) groups is 1. The van der Waals surface area contributed by atoms with E-state index in [0.29, 0.717) is 0 Å². The number of carbonyl (C=O) groups excluding carboxylic acids is 1. The van der Waals surface area contributed by atoms with Crippen LogP contribution in [0.25, 0.3) is 6.08 Å². The summed E-state index contributed by atoms with van der Waals surface area (Å²) in [5, 5.41) is 14.1. The van der Waals surface area contributed by atoms with Crippen LogP contribution in [0.3, 0.4) is 0 Å². The molecule has 0 aliphatic carbocycles. The van der Waals surface area contributed by atoms with Crippen molar-refractivity contribution in [3.8, 4) is 0 Å². The van der Waals surface area contributed by atoms with Gasteiger partial charge in [-0.05, 0) is 22.1 Å². The van der Waals surface area contributed by atoms with Gasteiger partial charge in [-0.1, -0.05) is 41.5 Å². The molecule has 0 bridgehead atoms. The molecule has 8 nitrogen and oxygen atoms in total. The number of aromatic nitrogens is 4. The zero-order valence-electron chi connectivity index (χ0n) is 10.5. The van der Waals surface area contributed by atoms with Gasteiger partial charge in [-0.2, -0.15) is 5.10 Å². The molecule has 0 saturated heterocycles. The normalized spacial score (nSPS) is 11.2. The molecule has 0 aliphatic rings. The highest BCUT2D eigenvalue weighted by Gasteiger charge is 2.05.